The van der Waals surface area contributed by atoms with Crippen LogP contribution in [0, 0.1) is 0 Å². The lowest BCUT2D eigenvalue weighted by molar-refractivity contribution is 0.305. The molecule has 2 atom stereocenters. The van der Waals surface area contributed by atoms with Gasteiger partial charge in [0.1, 0.15) is 10.7 Å². The largest absolute Gasteiger partial charge is 0.495 e. The molecule has 0 bridgehead atoms. The summed E-state index contributed by atoms with van der Waals surface area (Å²) in [5.74, 6) is 0.261. The van der Waals surface area contributed by atoms with Gasteiger partial charge in [0, 0.05) is 10.3 Å². The van der Waals surface area contributed by atoms with Gasteiger partial charge in [-0.3, -0.25) is 0 Å². The molecule has 0 amide bonds. The van der Waals surface area contributed by atoms with Crippen LogP contribution in [0.1, 0.15) is 6.92 Å². The number of hydrogen-bond donors (Lipinski definition) is 2. The summed E-state index contributed by atoms with van der Waals surface area (Å²) in [6.07, 6.45) is 1.47. The van der Waals surface area contributed by atoms with E-state index in [9.17, 15) is 8.76 Å². The van der Waals surface area contributed by atoms with Crippen LogP contribution in [0.4, 0.5) is 0 Å². The molecule has 74 valence electrons. The predicted octanol–water partition coefficient (Wildman–Crippen LogP) is 1.53. The summed E-state index contributed by atoms with van der Waals surface area (Å²) in [4.78, 5) is 0.844. The maximum absolute atomic E-state index is 10.8. The van der Waals surface area contributed by atoms with E-state index >= 15 is 0 Å². The smallest absolute Gasteiger partial charge is 0.190 e. The molecule has 0 aromatic heterocycles. The highest BCUT2D eigenvalue weighted by molar-refractivity contribution is 8.14. The van der Waals surface area contributed by atoms with Gasteiger partial charge < -0.3 is 13.8 Å². The molecule has 0 radical (unpaired) electrons. The van der Waals surface area contributed by atoms with Crippen molar-refractivity contribution in [2.24, 2.45) is 0 Å². The fourth-order valence-corrected chi connectivity index (χ4v) is 2.45. The van der Waals surface area contributed by atoms with E-state index < -0.39 is 21.8 Å². The third kappa shape index (κ3) is 2.28. The van der Waals surface area contributed by atoms with E-state index in [0.29, 0.717) is 4.86 Å². The number of rotatable bonds is 2. The maximum atomic E-state index is 10.8. The van der Waals surface area contributed by atoms with Crippen LogP contribution in [-0.2, 0) is 15.8 Å². The Balaban J connectivity index is 3.18. The second-order valence-corrected chi connectivity index (χ2v) is 4.82. The molecular weight excluding hydrogens is 212 g/mol. The molecule has 1 aliphatic heterocycles. The van der Waals surface area contributed by atoms with E-state index in [1.807, 2.05) is 0 Å². The topological polar surface area (TPSA) is 66.8 Å². The molecule has 0 spiro atoms. The van der Waals surface area contributed by atoms with Gasteiger partial charge in [0.2, 0.25) is 0 Å². The second-order valence-electron chi connectivity index (χ2n) is 2.37. The van der Waals surface area contributed by atoms with Crippen LogP contribution in [-0.4, -0.2) is 25.3 Å². The molecule has 2 N–H and O–H groups in total. The highest BCUT2D eigenvalue weighted by atomic mass is 32.2. The molecule has 0 saturated carbocycles. The van der Waals surface area contributed by atoms with Crippen molar-refractivity contribution in [2.75, 3.05) is 7.11 Å². The van der Waals surface area contributed by atoms with Crippen molar-refractivity contribution >= 4 is 26.7 Å². The summed E-state index contributed by atoms with van der Waals surface area (Å²) in [6, 6.07) is 0. The Hall–Kier alpha value is -0.430. The molecule has 4 nitrogen and oxygen atoms in total. The van der Waals surface area contributed by atoms with Gasteiger partial charge in [-0.25, -0.2) is 4.21 Å². The summed E-state index contributed by atoms with van der Waals surface area (Å²) in [5.41, 5.74) is 0. The molecule has 13 heavy (non-hydrogen) atoms. The van der Waals surface area contributed by atoms with Crippen LogP contribution in [0.2, 0.25) is 0 Å². The zero-order valence-corrected chi connectivity index (χ0v) is 8.82. The third-order valence-corrected chi connectivity index (χ3v) is 3.44. The van der Waals surface area contributed by atoms with Gasteiger partial charge in [-0.05, 0) is 23.8 Å². The number of hydrogen-bond acceptors (Lipinski definition) is 3. The van der Waals surface area contributed by atoms with Crippen molar-refractivity contribution in [2.45, 2.75) is 6.92 Å². The van der Waals surface area contributed by atoms with E-state index in [2.05, 4.69) is 0 Å². The minimum Gasteiger partial charge on any atom is -0.495 e. The Labute approximate surface area is 81.3 Å². The normalized spacial score (nSPS) is 24.9. The fraction of sp³-hybridized carbons (Fsp3) is 0.286. The van der Waals surface area contributed by atoms with Crippen LogP contribution < -0.4 is 0 Å². The Morgan fingerprint density at radius 3 is 2.69 bits per heavy atom. The zero-order chi connectivity index (χ0) is 10.0. The average Bonchev–Trinajstić information content (AvgIpc) is 2.08. The quantitative estimate of drug-likeness (QED) is 0.549. The zero-order valence-electron chi connectivity index (χ0n) is 7.18. The van der Waals surface area contributed by atoms with Crippen molar-refractivity contribution < 1.29 is 18.1 Å². The SMILES string of the molecule is COC1=CS(O)=C(C)C=C1S(=O)O. The summed E-state index contributed by atoms with van der Waals surface area (Å²) in [7, 11) is 0.399. The molecule has 2 unspecified atom stereocenters. The molecule has 1 aliphatic rings. The molecule has 0 aromatic carbocycles. The first kappa shape index (κ1) is 10.6. The van der Waals surface area contributed by atoms with Gasteiger partial charge in [-0.1, -0.05) is 0 Å². The molecule has 1 heterocycles. The Kier molecular flexibility index (Phi) is 3.43. The number of allylic oxidation sites excluding steroid dienone is 1. The molecule has 0 aromatic rings. The van der Waals surface area contributed by atoms with Crippen LogP contribution in [0.15, 0.2) is 22.1 Å². The molecule has 0 aliphatic carbocycles. The van der Waals surface area contributed by atoms with Crippen LogP contribution >= 0.6 is 10.8 Å². The molecule has 1 rings (SSSR count). The van der Waals surface area contributed by atoms with E-state index in [4.69, 9.17) is 9.29 Å². The van der Waals surface area contributed by atoms with Crippen LogP contribution in [0.5, 0.6) is 0 Å². The lowest BCUT2D eigenvalue weighted by Gasteiger charge is -2.13. The van der Waals surface area contributed by atoms with Crippen molar-refractivity contribution in [1.82, 2.24) is 0 Å². The Morgan fingerprint density at radius 1 is 1.62 bits per heavy atom. The van der Waals surface area contributed by atoms with E-state index in [0.717, 1.165) is 0 Å². The monoisotopic (exact) mass is 222 g/mol. The Morgan fingerprint density at radius 2 is 2.23 bits per heavy atom. The van der Waals surface area contributed by atoms with Gasteiger partial charge in [-0.15, -0.1) is 0 Å². The average molecular weight is 222 g/mol. The first-order valence-electron chi connectivity index (χ1n) is 3.40. The van der Waals surface area contributed by atoms with Gasteiger partial charge in [0.05, 0.1) is 7.11 Å². The van der Waals surface area contributed by atoms with Gasteiger partial charge in [0.15, 0.2) is 11.1 Å². The van der Waals surface area contributed by atoms with E-state index in [1.54, 1.807) is 6.92 Å². The van der Waals surface area contributed by atoms with Crippen molar-refractivity contribution in [3.8, 4) is 0 Å². The number of methoxy groups -OCH3 is 1. The highest BCUT2D eigenvalue weighted by Gasteiger charge is 2.16. The van der Waals surface area contributed by atoms with E-state index in [1.165, 1.54) is 18.6 Å². The van der Waals surface area contributed by atoms with Crippen molar-refractivity contribution in [3.63, 3.8) is 0 Å². The molecular formula is C7H10O4S2. The number of ether oxygens (including phenoxy) is 1. The second kappa shape index (κ2) is 4.19. The fourth-order valence-electron chi connectivity index (χ4n) is 0.854. The molecule has 0 fully saturated rings. The lowest BCUT2D eigenvalue weighted by atomic mass is 10.4. The Bertz CT molecular complexity index is 340. The first-order chi connectivity index (χ1) is 6.06. The standard InChI is InChI=1S/C7H10O4S2/c1-5-3-7(13(9)10)6(11-2)4-12(5)8/h3-4,8H,1-2H3,(H,9,10). The van der Waals surface area contributed by atoms with Gasteiger partial charge in [0.25, 0.3) is 0 Å². The van der Waals surface area contributed by atoms with Gasteiger partial charge in [-0.2, -0.15) is 0 Å². The van der Waals surface area contributed by atoms with Crippen LogP contribution in [0.3, 0.4) is 0 Å². The summed E-state index contributed by atoms with van der Waals surface area (Å²) in [5, 5.41) is 1.43. The minimum absolute atomic E-state index is 0.192. The molecule has 6 heteroatoms. The summed E-state index contributed by atoms with van der Waals surface area (Å²) in [6.45, 7) is 1.69. The van der Waals surface area contributed by atoms with Crippen molar-refractivity contribution in [1.29, 1.82) is 0 Å². The molecule has 0 saturated heterocycles. The predicted molar refractivity (Wildman–Crippen MR) is 54.8 cm³/mol. The summed E-state index contributed by atoms with van der Waals surface area (Å²) < 4.78 is 33.9. The lowest BCUT2D eigenvalue weighted by Crippen LogP contribution is -2.05. The van der Waals surface area contributed by atoms with Crippen molar-refractivity contribution in [3.05, 3.63) is 22.1 Å². The highest BCUT2D eigenvalue weighted by Crippen LogP contribution is 2.27. The van der Waals surface area contributed by atoms with Gasteiger partial charge >= 0.3 is 0 Å². The summed E-state index contributed by atoms with van der Waals surface area (Å²) >= 11 is -2.08. The minimum atomic E-state index is -2.08. The van der Waals surface area contributed by atoms with Crippen LogP contribution in [0.25, 0.3) is 0 Å². The maximum Gasteiger partial charge on any atom is 0.190 e. The van der Waals surface area contributed by atoms with E-state index in [-0.39, 0.29) is 10.7 Å². The first-order valence-corrected chi connectivity index (χ1v) is 5.76. The third-order valence-electron chi connectivity index (χ3n) is 1.53.